The Kier molecular flexibility index (Phi) is 5.47. The smallest absolute Gasteiger partial charge is 0.211 e. The van der Waals surface area contributed by atoms with Gasteiger partial charge in [0.1, 0.15) is 0 Å². The van der Waals surface area contributed by atoms with Crippen molar-refractivity contribution in [2.24, 2.45) is 0 Å². The average molecular weight is 377 g/mol. The van der Waals surface area contributed by atoms with Gasteiger partial charge in [-0.3, -0.25) is 0 Å². The molecule has 6 heteroatoms. The molecule has 0 saturated heterocycles. The van der Waals surface area contributed by atoms with E-state index in [1.165, 1.54) is 0 Å². The lowest BCUT2D eigenvalue weighted by Gasteiger charge is -2.19. The summed E-state index contributed by atoms with van der Waals surface area (Å²) in [6.45, 7) is 2.12. The van der Waals surface area contributed by atoms with E-state index in [9.17, 15) is 8.42 Å². The van der Waals surface area contributed by atoms with Crippen molar-refractivity contribution in [1.82, 2.24) is 9.71 Å². The molecule has 0 amide bonds. The molecule has 2 aromatic carbocycles. The molecule has 1 atom stereocenters. The van der Waals surface area contributed by atoms with E-state index in [1.54, 1.807) is 0 Å². The highest BCUT2D eigenvalue weighted by molar-refractivity contribution is 7.89. The zero-order valence-corrected chi connectivity index (χ0v) is 15.6. The first-order valence-corrected chi connectivity index (χ1v) is 10.3. The Morgan fingerprint density at radius 2 is 1.80 bits per heavy atom. The maximum Gasteiger partial charge on any atom is 0.211 e. The van der Waals surface area contributed by atoms with Gasteiger partial charge in [0.15, 0.2) is 0 Å². The zero-order chi connectivity index (χ0) is 17.9. The van der Waals surface area contributed by atoms with Gasteiger partial charge in [-0.25, -0.2) is 13.1 Å². The fourth-order valence-corrected chi connectivity index (χ4v) is 4.45. The van der Waals surface area contributed by atoms with E-state index in [4.69, 9.17) is 11.6 Å². The quantitative estimate of drug-likeness (QED) is 0.646. The molecular formula is C19H21ClN2O2S. The number of para-hydroxylation sites is 1. The monoisotopic (exact) mass is 376 g/mol. The summed E-state index contributed by atoms with van der Waals surface area (Å²) in [5.74, 6) is -0.0488. The van der Waals surface area contributed by atoms with Crippen molar-refractivity contribution >= 4 is 32.5 Å². The van der Waals surface area contributed by atoms with Gasteiger partial charge in [0.05, 0.1) is 5.75 Å². The summed E-state index contributed by atoms with van der Waals surface area (Å²) in [6, 6.07) is 15.6. The van der Waals surface area contributed by atoms with Crippen LogP contribution in [-0.4, -0.2) is 25.7 Å². The average Bonchev–Trinajstić information content (AvgIpc) is 3.01. The van der Waals surface area contributed by atoms with E-state index in [-0.39, 0.29) is 18.2 Å². The minimum atomic E-state index is -3.30. The molecule has 3 rings (SSSR count). The number of halogens is 1. The highest BCUT2D eigenvalue weighted by atomic mass is 35.5. The van der Waals surface area contributed by atoms with E-state index in [2.05, 4.69) is 9.71 Å². The van der Waals surface area contributed by atoms with Crippen LogP contribution in [0.5, 0.6) is 0 Å². The molecule has 4 nitrogen and oxygen atoms in total. The van der Waals surface area contributed by atoms with Crippen molar-refractivity contribution in [1.29, 1.82) is 0 Å². The standard InChI is InChI=1S/C19H21ClN2O2S/c1-2-11-25(23,24)22-13-17(14-7-3-5-9-18(14)20)16-12-21-19-10-6-4-8-15(16)19/h3-10,12,17,21-22H,2,11,13H2,1H3. The molecule has 0 radical (unpaired) electrons. The molecule has 3 aromatic rings. The first-order valence-electron chi connectivity index (χ1n) is 8.29. The van der Waals surface area contributed by atoms with Crippen molar-refractivity contribution in [3.8, 4) is 0 Å². The fraction of sp³-hybridized carbons (Fsp3) is 0.263. The predicted molar refractivity (Wildman–Crippen MR) is 104 cm³/mol. The summed E-state index contributed by atoms with van der Waals surface area (Å²) in [7, 11) is -3.30. The van der Waals surface area contributed by atoms with Gasteiger partial charge in [0, 0.05) is 34.6 Å². The van der Waals surface area contributed by atoms with Gasteiger partial charge in [0.25, 0.3) is 0 Å². The largest absolute Gasteiger partial charge is 0.361 e. The summed E-state index contributed by atoms with van der Waals surface area (Å²) in [4.78, 5) is 3.26. The van der Waals surface area contributed by atoms with Gasteiger partial charge in [-0.2, -0.15) is 0 Å². The maximum atomic E-state index is 12.1. The third kappa shape index (κ3) is 4.06. The van der Waals surface area contributed by atoms with Crippen LogP contribution in [-0.2, 0) is 10.0 Å². The normalized spacial score (nSPS) is 13.2. The number of H-pyrrole nitrogens is 1. The van der Waals surface area contributed by atoms with Gasteiger partial charge in [0.2, 0.25) is 10.0 Å². The Morgan fingerprint density at radius 1 is 1.08 bits per heavy atom. The lowest BCUT2D eigenvalue weighted by atomic mass is 9.91. The molecule has 0 aliphatic rings. The number of hydrogen-bond donors (Lipinski definition) is 2. The van der Waals surface area contributed by atoms with E-state index in [0.717, 1.165) is 22.0 Å². The van der Waals surface area contributed by atoms with Gasteiger partial charge in [-0.15, -0.1) is 0 Å². The minimum Gasteiger partial charge on any atom is -0.361 e. The van der Waals surface area contributed by atoms with Gasteiger partial charge < -0.3 is 4.98 Å². The number of sulfonamides is 1. The van der Waals surface area contributed by atoms with Crippen molar-refractivity contribution in [2.45, 2.75) is 19.3 Å². The molecule has 1 unspecified atom stereocenters. The second-order valence-electron chi connectivity index (χ2n) is 6.03. The summed E-state index contributed by atoms with van der Waals surface area (Å²) < 4.78 is 27.0. The molecule has 1 heterocycles. The number of aromatic amines is 1. The maximum absolute atomic E-state index is 12.1. The summed E-state index contributed by atoms with van der Waals surface area (Å²) in [5.41, 5.74) is 2.96. The van der Waals surface area contributed by atoms with Crippen LogP contribution in [0.1, 0.15) is 30.4 Å². The fourth-order valence-electron chi connectivity index (χ4n) is 3.08. The first-order chi connectivity index (χ1) is 12.0. The number of rotatable bonds is 7. The van der Waals surface area contributed by atoms with E-state index >= 15 is 0 Å². The number of aromatic nitrogens is 1. The molecule has 0 aliphatic heterocycles. The molecule has 2 N–H and O–H groups in total. The number of fused-ring (bicyclic) bond motifs is 1. The third-order valence-corrected chi connectivity index (χ3v) is 6.15. The predicted octanol–water partition coefficient (Wildman–Crippen LogP) is 4.28. The molecule has 0 spiro atoms. The number of hydrogen-bond acceptors (Lipinski definition) is 2. The Balaban J connectivity index is 2.02. The first kappa shape index (κ1) is 18.0. The minimum absolute atomic E-state index is 0.121. The van der Waals surface area contributed by atoms with Gasteiger partial charge in [-0.1, -0.05) is 54.9 Å². The number of nitrogens with one attached hydrogen (secondary N) is 2. The van der Waals surface area contributed by atoms with Crippen molar-refractivity contribution < 1.29 is 8.42 Å². The van der Waals surface area contributed by atoms with Crippen LogP contribution in [0.3, 0.4) is 0 Å². The lowest BCUT2D eigenvalue weighted by molar-refractivity contribution is 0.576. The summed E-state index contributed by atoms with van der Waals surface area (Å²) in [6.07, 6.45) is 2.52. The summed E-state index contributed by atoms with van der Waals surface area (Å²) in [5, 5.41) is 1.70. The van der Waals surface area contributed by atoms with Crippen LogP contribution in [0.15, 0.2) is 54.7 Å². The Bertz CT molecular complexity index is 966. The Labute approximate surface area is 153 Å². The topological polar surface area (TPSA) is 62.0 Å². The number of benzene rings is 2. The Morgan fingerprint density at radius 3 is 2.56 bits per heavy atom. The molecule has 132 valence electrons. The Hall–Kier alpha value is -1.82. The molecule has 1 aromatic heterocycles. The van der Waals surface area contributed by atoms with E-state index in [0.29, 0.717) is 11.4 Å². The molecule has 0 saturated carbocycles. The SMILES string of the molecule is CCCS(=O)(=O)NCC(c1ccccc1Cl)c1c[nH]c2ccccc12. The van der Waals surface area contributed by atoms with Crippen molar-refractivity contribution in [2.75, 3.05) is 12.3 Å². The third-order valence-electron chi connectivity index (χ3n) is 4.26. The van der Waals surface area contributed by atoms with E-state index in [1.807, 2.05) is 61.7 Å². The highest BCUT2D eigenvalue weighted by Crippen LogP contribution is 2.34. The van der Waals surface area contributed by atoms with Crippen LogP contribution < -0.4 is 4.72 Å². The van der Waals surface area contributed by atoms with Gasteiger partial charge in [-0.05, 0) is 29.7 Å². The van der Waals surface area contributed by atoms with Crippen LogP contribution >= 0.6 is 11.6 Å². The second-order valence-corrected chi connectivity index (χ2v) is 8.36. The molecule has 0 aliphatic carbocycles. The second kappa shape index (κ2) is 7.60. The van der Waals surface area contributed by atoms with Crippen LogP contribution in [0.4, 0.5) is 0 Å². The van der Waals surface area contributed by atoms with Crippen molar-refractivity contribution in [3.63, 3.8) is 0 Å². The van der Waals surface area contributed by atoms with Crippen molar-refractivity contribution in [3.05, 3.63) is 70.9 Å². The van der Waals surface area contributed by atoms with Crippen LogP contribution in [0, 0.1) is 0 Å². The highest BCUT2D eigenvalue weighted by Gasteiger charge is 2.22. The molecule has 0 bridgehead atoms. The molecule has 25 heavy (non-hydrogen) atoms. The molecular weight excluding hydrogens is 356 g/mol. The summed E-state index contributed by atoms with van der Waals surface area (Å²) >= 11 is 6.41. The zero-order valence-electron chi connectivity index (χ0n) is 14.0. The van der Waals surface area contributed by atoms with Crippen LogP contribution in [0.25, 0.3) is 10.9 Å². The van der Waals surface area contributed by atoms with Gasteiger partial charge >= 0.3 is 0 Å². The van der Waals surface area contributed by atoms with E-state index < -0.39 is 10.0 Å². The lowest BCUT2D eigenvalue weighted by Crippen LogP contribution is -2.30. The molecule has 0 fully saturated rings. The van der Waals surface area contributed by atoms with Crippen LogP contribution in [0.2, 0.25) is 5.02 Å².